The van der Waals surface area contributed by atoms with Gasteiger partial charge in [-0.1, -0.05) is 32.9 Å². The Balaban J connectivity index is 2.67. The second-order valence-electron chi connectivity index (χ2n) is 6.05. The highest BCUT2D eigenvalue weighted by molar-refractivity contribution is 5.85. The predicted molar refractivity (Wildman–Crippen MR) is 74.7 cm³/mol. The van der Waals surface area contributed by atoms with Crippen LogP contribution in [0.2, 0.25) is 0 Å². The van der Waals surface area contributed by atoms with Crippen molar-refractivity contribution < 1.29 is 14.7 Å². The summed E-state index contributed by atoms with van der Waals surface area (Å²) in [5, 5.41) is 11.2. The average Bonchev–Trinajstić information content (AvgIpc) is 2.31. The zero-order valence-corrected chi connectivity index (χ0v) is 12.1. The van der Waals surface area contributed by atoms with E-state index < -0.39 is 11.4 Å². The van der Waals surface area contributed by atoms with Crippen LogP contribution in [-0.2, 0) is 9.59 Å². The van der Waals surface area contributed by atoms with Gasteiger partial charge in [-0.05, 0) is 37.5 Å². The predicted octanol–water partition coefficient (Wildman–Crippen LogP) is 2.60. The van der Waals surface area contributed by atoms with Gasteiger partial charge in [0.25, 0.3) is 0 Å². The molecular formula is C15H25NO3. The van der Waals surface area contributed by atoms with Gasteiger partial charge in [0, 0.05) is 5.41 Å². The van der Waals surface area contributed by atoms with E-state index in [4.69, 9.17) is 5.11 Å². The minimum absolute atomic E-state index is 0.132. The lowest BCUT2D eigenvalue weighted by molar-refractivity contribution is -0.140. The minimum atomic E-state index is -0.997. The minimum Gasteiger partial charge on any atom is -0.480 e. The molecule has 0 unspecified atom stereocenters. The van der Waals surface area contributed by atoms with Crippen molar-refractivity contribution in [2.24, 2.45) is 17.3 Å². The largest absolute Gasteiger partial charge is 0.480 e. The van der Waals surface area contributed by atoms with Crippen molar-refractivity contribution in [3.8, 4) is 0 Å². The van der Waals surface area contributed by atoms with Gasteiger partial charge in [-0.25, -0.2) is 0 Å². The number of carbonyl (C=O) groups excluding carboxylic acids is 1. The normalized spacial score (nSPS) is 29.4. The molecule has 0 saturated heterocycles. The maximum Gasteiger partial charge on any atom is 0.322 e. The maximum absolute atomic E-state index is 12.2. The van der Waals surface area contributed by atoms with Crippen LogP contribution in [0.1, 0.15) is 46.5 Å². The van der Waals surface area contributed by atoms with Crippen LogP contribution in [0.25, 0.3) is 0 Å². The van der Waals surface area contributed by atoms with Crippen LogP contribution in [-0.4, -0.2) is 23.5 Å². The summed E-state index contributed by atoms with van der Waals surface area (Å²) in [4.78, 5) is 22.7. The van der Waals surface area contributed by atoms with E-state index in [1.165, 1.54) is 0 Å². The van der Waals surface area contributed by atoms with Crippen LogP contribution in [0.3, 0.4) is 0 Å². The van der Waals surface area contributed by atoms with Crippen molar-refractivity contribution in [1.29, 1.82) is 0 Å². The second kappa shape index (κ2) is 6.73. The number of hydrogen-bond donors (Lipinski definition) is 2. The molecular weight excluding hydrogens is 242 g/mol. The van der Waals surface area contributed by atoms with E-state index in [0.29, 0.717) is 11.8 Å². The van der Waals surface area contributed by atoms with Gasteiger partial charge in [0.1, 0.15) is 6.54 Å². The number of carboxylic acids is 1. The lowest BCUT2D eigenvalue weighted by Gasteiger charge is -2.31. The molecule has 0 aromatic rings. The van der Waals surface area contributed by atoms with Crippen molar-refractivity contribution in [3.63, 3.8) is 0 Å². The number of carbonyl (C=O) groups is 2. The molecule has 1 rings (SSSR count). The summed E-state index contributed by atoms with van der Waals surface area (Å²) in [6.07, 6.45) is 7.86. The molecule has 0 saturated carbocycles. The van der Waals surface area contributed by atoms with Gasteiger partial charge < -0.3 is 10.4 Å². The van der Waals surface area contributed by atoms with E-state index in [1.54, 1.807) is 0 Å². The Morgan fingerprint density at radius 3 is 2.68 bits per heavy atom. The van der Waals surface area contributed by atoms with Crippen LogP contribution >= 0.6 is 0 Å². The van der Waals surface area contributed by atoms with Gasteiger partial charge in [0.2, 0.25) is 5.91 Å². The monoisotopic (exact) mass is 267 g/mol. The lowest BCUT2D eigenvalue weighted by Crippen LogP contribution is -2.41. The summed E-state index contributed by atoms with van der Waals surface area (Å²) in [6.45, 7) is 6.04. The Bertz CT molecular complexity index is 362. The van der Waals surface area contributed by atoms with Crippen LogP contribution < -0.4 is 5.32 Å². The Labute approximate surface area is 115 Å². The molecule has 0 aromatic carbocycles. The Morgan fingerprint density at radius 2 is 2.11 bits per heavy atom. The molecule has 108 valence electrons. The van der Waals surface area contributed by atoms with E-state index >= 15 is 0 Å². The maximum atomic E-state index is 12.2. The lowest BCUT2D eigenvalue weighted by atomic mass is 9.74. The summed E-state index contributed by atoms with van der Waals surface area (Å²) in [5.41, 5.74) is -0.451. The van der Waals surface area contributed by atoms with E-state index in [-0.39, 0.29) is 12.5 Å². The highest BCUT2D eigenvalue weighted by Gasteiger charge is 2.34. The summed E-state index contributed by atoms with van der Waals surface area (Å²) < 4.78 is 0. The van der Waals surface area contributed by atoms with Crippen molar-refractivity contribution in [1.82, 2.24) is 5.32 Å². The molecule has 0 spiro atoms. The molecule has 0 fully saturated rings. The van der Waals surface area contributed by atoms with Crippen LogP contribution in [0.15, 0.2) is 12.2 Å². The zero-order chi connectivity index (χ0) is 14.5. The van der Waals surface area contributed by atoms with Crippen molar-refractivity contribution >= 4 is 11.9 Å². The van der Waals surface area contributed by atoms with E-state index in [0.717, 1.165) is 25.7 Å². The molecule has 0 aliphatic heterocycles. The summed E-state index contributed by atoms with van der Waals surface area (Å²) in [7, 11) is 0. The fourth-order valence-corrected chi connectivity index (χ4v) is 2.53. The number of allylic oxidation sites excluding steroid dienone is 2. The molecule has 1 aliphatic rings. The number of nitrogens with one attached hydrogen (secondary N) is 1. The first-order valence-electron chi connectivity index (χ1n) is 7.02. The number of amides is 1. The van der Waals surface area contributed by atoms with Crippen LogP contribution in [0.4, 0.5) is 0 Å². The molecule has 1 amide bonds. The van der Waals surface area contributed by atoms with Gasteiger partial charge in [-0.2, -0.15) is 0 Å². The van der Waals surface area contributed by atoms with Crippen LogP contribution in [0.5, 0.6) is 0 Å². The third-order valence-electron chi connectivity index (χ3n) is 4.08. The molecule has 4 nitrogen and oxygen atoms in total. The molecule has 4 heteroatoms. The first-order valence-corrected chi connectivity index (χ1v) is 7.02. The van der Waals surface area contributed by atoms with Crippen molar-refractivity contribution in [3.05, 3.63) is 12.2 Å². The van der Waals surface area contributed by atoms with Crippen LogP contribution in [0, 0.1) is 17.3 Å². The van der Waals surface area contributed by atoms with E-state index in [1.807, 2.05) is 6.92 Å². The second-order valence-corrected chi connectivity index (χ2v) is 6.05. The average molecular weight is 267 g/mol. The fraction of sp³-hybridized carbons (Fsp3) is 0.733. The van der Waals surface area contributed by atoms with Gasteiger partial charge in [0.15, 0.2) is 0 Å². The summed E-state index contributed by atoms with van der Waals surface area (Å²) in [5.74, 6) is -0.0527. The van der Waals surface area contributed by atoms with Gasteiger partial charge in [0.05, 0.1) is 0 Å². The topological polar surface area (TPSA) is 66.4 Å². The highest BCUT2D eigenvalue weighted by Crippen LogP contribution is 2.35. The summed E-state index contributed by atoms with van der Waals surface area (Å²) in [6, 6.07) is 0. The molecule has 0 bridgehead atoms. The van der Waals surface area contributed by atoms with Gasteiger partial charge >= 0.3 is 5.97 Å². The third kappa shape index (κ3) is 4.69. The van der Waals surface area contributed by atoms with Crippen molar-refractivity contribution in [2.75, 3.05) is 6.54 Å². The first-order chi connectivity index (χ1) is 8.85. The number of carboxylic acid groups (broad SMARTS) is 1. The Morgan fingerprint density at radius 1 is 1.42 bits per heavy atom. The smallest absolute Gasteiger partial charge is 0.322 e. The van der Waals surface area contributed by atoms with Crippen molar-refractivity contribution in [2.45, 2.75) is 46.5 Å². The highest BCUT2D eigenvalue weighted by atomic mass is 16.4. The molecule has 19 heavy (non-hydrogen) atoms. The SMILES string of the molecule is CC(C)[C@H]1/C=C/CC[C@@](C)(C(=O)NCC(=O)O)CC1. The molecule has 0 radical (unpaired) electrons. The standard InChI is InChI=1S/C15H25NO3/c1-11(2)12-6-4-5-8-15(3,9-7-12)14(19)16-10-13(17)18/h4,6,11-12H,5,7-10H2,1-3H3,(H,16,19)(H,17,18)/b6-4+/t12-,15+/m0/s1. The third-order valence-corrected chi connectivity index (χ3v) is 4.08. The Hall–Kier alpha value is -1.32. The first kappa shape index (κ1) is 15.7. The molecule has 0 heterocycles. The number of hydrogen-bond acceptors (Lipinski definition) is 2. The van der Waals surface area contributed by atoms with Gasteiger partial charge in [-0.3, -0.25) is 9.59 Å². The van der Waals surface area contributed by atoms with E-state index in [2.05, 4.69) is 31.3 Å². The quantitative estimate of drug-likeness (QED) is 0.769. The molecule has 1 aliphatic carbocycles. The number of aliphatic carboxylic acids is 1. The molecule has 2 atom stereocenters. The fourth-order valence-electron chi connectivity index (χ4n) is 2.53. The number of rotatable bonds is 4. The summed E-state index contributed by atoms with van der Waals surface area (Å²) >= 11 is 0. The Kier molecular flexibility index (Phi) is 5.58. The molecule has 2 N–H and O–H groups in total. The van der Waals surface area contributed by atoms with E-state index in [9.17, 15) is 9.59 Å². The van der Waals surface area contributed by atoms with Gasteiger partial charge in [-0.15, -0.1) is 0 Å². The molecule has 0 aromatic heterocycles. The zero-order valence-electron chi connectivity index (χ0n) is 12.1.